The van der Waals surface area contributed by atoms with Crippen LogP contribution in [0, 0.1) is 0 Å². The molecule has 0 saturated carbocycles. The number of rotatable bonds is 5. The Morgan fingerprint density at radius 2 is 1.82 bits per heavy atom. The number of aliphatic hydroxyl groups is 1. The lowest BCUT2D eigenvalue weighted by atomic mass is 10.0. The van der Waals surface area contributed by atoms with Gasteiger partial charge in [-0.3, -0.25) is 14.3 Å². The van der Waals surface area contributed by atoms with Gasteiger partial charge in [-0.2, -0.15) is 5.10 Å². The molecule has 0 bridgehead atoms. The normalized spacial score (nSPS) is 11.6. The molecule has 8 nitrogen and oxygen atoms in total. The molecular weight excluding hydrogens is 360 g/mol. The van der Waals surface area contributed by atoms with Gasteiger partial charge in [0.15, 0.2) is 11.6 Å². The van der Waals surface area contributed by atoms with Crippen molar-refractivity contribution in [2.24, 2.45) is 0 Å². The molecule has 0 aliphatic carbocycles. The lowest BCUT2D eigenvalue weighted by molar-refractivity contribution is -0.155. The molecule has 3 aromatic rings. The van der Waals surface area contributed by atoms with Crippen molar-refractivity contribution >= 4 is 22.7 Å². The summed E-state index contributed by atoms with van der Waals surface area (Å²) in [5.74, 6) is -0.291. The first-order chi connectivity index (χ1) is 13.2. The molecule has 1 aromatic carbocycles. The largest absolute Gasteiger partial charge is 0.459 e. The Bertz CT molecular complexity index is 1030. The predicted octanol–water partition coefficient (Wildman–Crippen LogP) is 2.53. The number of carbonyl (C=O) groups excluding carboxylic acids is 2. The zero-order chi connectivity index (χ0) is 20.5. The molecule has 0 radical (unpaired) electrons. The third-order valence-corrected chi connectivity index (χ3v) is 3.96. The van der Waals surface area contributed by atoms with E-state index in [1.807, 2.05) is 12.1 Å². The van der Waals surface area contributed by atoms with Crippen molar-refractivity contribution < 1.29 is 19.4 Å². The highest BCUT2D eigenvalue weighted by Gasteiger charge is 2.20. The summed E-state index contributed by atoms with van der Waals surface area (Å²) in [4.78, 5) is 32.4. The summed E-state index contributed by atoms with van der Waals surface area (Å²) in [7, 11) is 0. The average Bonchev–Trinajstić information content (AvgIpc) is 2.98. The van der Waals surface area contributed by atoms with E-state index in [0.29, 0.717) is 16.7 Å². The van der Waals surface area contributed by atoms with Gasteiger partial charge in [0.25, 0.3) is 0 Å². The third kappa shape index (κ3) is 4.23. The van der Waals surface area contributed by atoms with E-state index >= 15 is 0 Å². The first-order valence-electron chi connectivity index (χ1n) is 8.83. The zero-order valence-corrected chi connectivity index (χ0v) is 16.3. The summed E-state index contributed by atoms with van der Waals surface area (Å²) in [5.41, 5.74) is 1.89. The summed E-state index contributed by atoms with van der Waals surface area (Å²) in [6, 6.07) is 5.47. The van der Waals surface area contributed by atoms with Gasteiger partial charge in [-0.15, -0.1) is 0 Å². The SMILES string of the molecule is CC(=O)c1nn(CC(=O)OC(C)(C)C)c2ccc(-c3cnc(CO)nc3)cc12. The van der Waals surface area contributed by atoms with E-state index in [1.165, 1.54) is 11.6 Å². The average molecular weight is 382 g/mol. The van der Waals surface area contributed by atoms with Crippen LogP contribution in [0.25, 0.3) is 22.0 Å². The Hall–Kier alpha value is -3.13. The van der Waals surface area contributed by atoms with Crippen LogP contribution in [0.2, 0.25) is 0 Å². The number of carbonyl (C=O) groups is 2. The van der Waals surface area contributed by atoms with E-state index in [4.69, 9.17) is 9.84 Å². The maximum atomic E-state index is 12.2. The number of ether oxygens (including phenoxy) is 1. The molecule has 0 fully saturated rings. The number of hydrogen-bond acceptors (Lipinski definition) is 7. The first-order valence-corrected chi connectivity index (χ1v) is 8.83. The molecule has 0 aliphatic heterocycles. The summed E-state index contributed by atoms with van der Waals surface area (Å²) in [6.07, 6.45) is 3.22. The molecule has 0 saturated heterocycles. The second kappa shape index (κ2) is 7.47. The molecule has 146 valence electrons. The monoisotopic (exact) mass is 382 g/mol. The van der Waals surface area contributed by atoms with E-state index < -0.39 is 11.6 Å². The Kier molecular flexibility index (Phi) is 5.24. The molecular formula is C20H22N4O4. The van der Waals surface area contributed by atoms with E-state index in [2.05, 4.69) is 15.1 Å². The molecule has 8 heteroatoms. The van der Waals surface area contributed by atoms with Crippen molar-refractivity contribution in [3.8, 4) is 11.1 Å². The standard InChI is InChI=1S/C20H22N4O4/c1-12(26)19-15-7-13(14-8-21-17(11-25)22-9-14)5-6-16(15)24(23-19)10-18(27)28-20(2,3)4/h5-9,25H,10-11H2,1-4H3. The molecule has 3 rings (SSSR count). The number of hydrogen-bond donors (Lipinski definition) is 1. The highest BCUT2D eigenvalue weighted by molar-refractivity contribution is 6.06. The lowest BCUT2D eigenvalue weighted by Gasteiger charge is -2.19. The number of benzene rings is 1. The minimum Gasteiger partial charge on any atom is -0.459 e. The van der Waals surface area contributed by atoms with Crippen molar-refractivity contribution in [2.45, 2.75) is 46.4 Å². The molecule has 0 spiro atoms. The van der Waals surface area contributed by atoms with E-state index in [1.54, 1.807) is 39.2 Å². The predicted molar refractivity (Wildman–Crippen MR) is 103 cm³/mol. The maximum absolute atomic E-state index is 12.2. The van der Waals surface area contributed by atoms with Gasteiger partial charge >= 0.3 is 5.97 Å². The van der Waals surface area contributed by atoms with Gasteiger partial charge in [0, 0.05) is 30.3 Å². The summed E-state index contributed by atoms with van der Waals surface area (Å²) in [5, 5.41) is 14.0. The molecule has 1 N–H and O–H groups in total. The fourth-order valence-corrected chi connectivity index (χ4v) is 2.82. The lowest BCUT2D eigenvalue weighted by Crippen LogP contribution is -2.26. The molecule has 0 amide bonds. The number of aliphatic hydroxyl groups excluding tert-OH is 1. The van der Waals surface area contributed by atoms with Crippen molar-refractivity contribution in [3.63, 3.8) is 0 Å². The Morgan fingerprint density at radius 1 is 1.14 bits per heavy atom. The first kappa shape index (κ1) is 19.6. The van der Waals surface area contributed by atoms with Gasteiger partial charge in [0.1, 0.15) is 24.4 Å². The van der Waals surface area contributed by atoms with Crippen LogP contribution in [-0.2, 0) is 22.7 Å². The topological polar surface area (TPSA) is 107 Å². The second-order valence-corrected chi connectivity index (χ2v) is 7.43. The van der Waals surface area contributed by atoms with Gasteiger partial charge in [0.2, 0.25) is 0 Å². The highest BCUT2D eigenvalue weighted by Crippen LogP contribution is 2.26. The number of aromatic nitrogens is 4. The van der Waals surface area contributed by atoms with Crippen molar-refractivity contribution in [1.29, 1.82) is 0 Å². The minimum atomic E-state index is -0.600. The number of nitrogens with zero attached hydrogens (tertiary/aromatic N) is 4. The van der Waals surface area contributed by atoms with Crippen molar-refractivity contribution in [2.75, 3.05) is 0 Å². The summed E-state index contributed by atoms with van der Waals surface area (Å²) in [6.45, 7) is 6.50. The number of Topliss-reactive ketones (excluding diaryl/α,β-unsaturated/α-hetero) is 1. The van der Waals surface area contributed by atoms with E-state index in [0.717, 1.165) is 11.1 Å². The Balaban J connectivity index is 2.01. The van der Waals surface area contributed by atoms with Crippen LogP contribution >= 0.6 is 0 Å². The number of ketones is 1. The Labute approximate surface area is 162 Å². The molecule has 0 atom stereocenters. The van der Waals surface area contributed by atoms with Crippen LogP contribution in [0.3, 0.4) is 0 Å². The zero-order valence-electron chi connectivity index (χ0n) is 16.3. The quantitative estimate of drug-likeness (QED) is 0.534. The van der Waals surface area contributed by atoms with Gasteiger partial charge in [0.05, 0.1) is 5.52 Å². The van der Waals surface area contributed by atoms with Crippen LogP contribution in [0.1, 0.15) is 44.0 Å². The van der Waals surface area contributed by atoms with Gasteiger partial charge in [-0.05, 0) is 38.5 Å². The number of fused-ring (bicyclic) bond motifs is 1. The van der Waals surface area contributed by atoms with Gasteiger partial charge in [-0.1, -0.05) is 6.07 Å². The fourth-order valence-electron chi connectivity index (χ4n) is 2.82. The van der Waals surface area contributed by atoms with E-state index in [-0.39, 0.29) is 24.6 Å². The highest BCUT2D eigenvalue weighted by atomic mass is 16.6. The van der Waals surface area contributed by atoms with Crippen LogP contribution in [-0.4, -0.2) is 42.2 Å². The van der Waals surface area contributed by atoms with Crippen LogP contribution in [0.15, 0.2) is 30.6 Å². The van der Waals surface area contributed by atoms with Gasteiger partial charge < -0.3 is 9.84 Å². The smallest absolute Gasteiger partial charge is 0.328 e. The van der Waals surface area contributed by atoms with Gasteiger partial charge in [-0.25, -0.2) is 9.97 Å². The second-order valence-electron chi connectivity index (χ2n) is 7.43. The molecule has 0 aliphatic rings. The molecule has 2 aromatic heterocycles. The minimum absolute atomic E-state index is 0.0886. The van der Waals surface area contributed by atoms with Crippen LogP contribution < -0.4 is 0 Å². The molecule has 0 unspecified atom stereocenters. The van der Waals surface area contributed by atoms with Crippen LogP contribution in [0.5, 0.6) is 0 Å². The fraction of sp³-hybridized carbons (Fsp3) is 0.350. The van der Waals surface area contributed by atoms with Crippen molar-refractivity contribution in [1.82, 2.24) is 19.7 Å². The number of esters is 1. The maximum Gasteiger partial charge on any atom is 0.328 e. The van der Waals surface area contributed by atoms with Crippen molar-refractivity contribution in [3.05, 3.63) is 42.1 Å². The third-order valence-electron chi connectivity index (χ3n) is 3.96. The molecule has 2 heterocycles. The van der Waals surface area contributed by atoms with Crippen LogP contribution in [0.4, 0.5) is 0 Å². The summed E-state index contributed by atoms with van der Waals surface area (Å²) >= 11 is 0. The Morgan fingerprint density at radius 3 is 2.39 bits per heavy atom. The summed E-state index contributed by atoms with van der Waals surface area (Å²) < 4.78 is 6.83. The molecule has 28 heavy (non-hydrogen) atoms. The van der Waals surface area contributed by atoms with E-state index in [9.17, 15) is 9.59 Å².